The van der Waals surface area contributed by atoms with E-state index in [1.165, 1.54) is 36.4 Å². The summed E-state index contributed by atoms with van der Waals surface area (Å²) in [5, 5.41) is 22.1. The van der Waals surface area contributed by atoms with Crippen molar-refractivity contribution in [3.8, 4) is 0 Å². The molecule has 0 radical (unpaired) electrons. The van der Waals surface area contributed by atoms with Crippen molar-refractivity contribution in [3.63, 3.8) is 0 Å². The number of sulfonamides is 1. The van der Waals surface area contributed by atoms with Gasteiger partial charge in [-0.25, -0.2) is 13.4 Å². The van der Waals surface area contributed by atoms with E-state index in [2.05, 4.69) is 4.98 Å². The summed E-state index contributed by atoms with van der Waals surface area (Å²) in [5.74, 6) is 0. The zero-order valence-corrected chi connectivity index (χ0v) is 18.6. The second-order valence-electron chi connectivity index (χ2n) is 7.67. The minimum absolute atomic E-state index is 0.0277. The first-order valence-corrected chi connectivity index (χ1v) is 11.6. The first-order valence-electron chi connectivity index (χ1n) is 10.2. The molecule has 0 saturated carbocycles. The van der Waals surface area contributed by atoms with Gasteiger partial charge in [-0.05, 0) is 37.3 Å². The lowest BCUT2D eigenvalue weighted by atomic mass is 10.2. The highest BCUT2D eigenvalue weighted by molar-refractivity contribution is 7.92. The molecule has 170 valence electrons. The number of hydrogen-bond acceptors (Lipinski definition) is 6. The molecule has 0 amide bonds. The maximum Gasteiger partial charge on any atom is 0.271 e. The first-order chi connectivity index (χ1) is 15.8. The summed E-state index contributed by atoms with van der Waals surface area (Å²) in [5.41, 5.74) is 2.31. The van der Waals surface area contributed by atoms with Crippen LogP contribution in [-0.2, 0) is 16.6 Å². The minimum Gasteiger partial charge on any atom is -0.389 e. The lowest BCUT2D eigenvalue weighted by molar-refractivity contribution is -0.384. The second-order valence-corrected chi connectivity index (χ2v) is 9.53. The molecule has 1 unspecified atom stereocenters. The Morgan fingerprint density at radius 1 is 1.09 bits per heavy atom. The standard InChI is InChI=1S/C23H22N4O5S/c1-17-9-11-21(12-10-17)33(31,32)26(18-5-4-6-19(13-18)27(29)30)15-20(28)14-25-16-24-22-7-2-3-8-23(22)25/h2-13,16,20,28H,14-15H2,1H3. The van der Waals surface area contributed by atoms with Crippen LogP contribution in [0.3, 0.4) is 0 Å². The Balaban J connectivity index is 1.70. The van der Waals surface area contributed by atoms with Gasteiger partial charge in [0.1, 0.15) is 0 Å². The third-order valence-electron chi connectivity index (χ3n) is 5.25. The number of aliphatic hydroxyl groups is 1. The number of aliphatic hydroxyl groups excluding tert-OH is 1. The number of para-hydroxylation sites is 2. The first kappa shape index (κ1) is 22.4. The van der Waals surface area contributed by atoms with Crippen LogP contribution in [0.1, 0.15) is 5.56 Å². The summed E-state index contributed by atoms with van der Waals surface area (Å²) >= 11 is 0. The van der Waals surface area contributed by atoms with Gasteiger partial charge in [0.2, 0.25) is 0 Å². The van der Waals surface area contributed by atoms with Crippen molar-refractivity contribution in [2.45, 2.75) is 24.5 Å². The van der Waals surface area contributed by atoms with Crippen LogP contribution in [-0.4, -0.2) is 40.6 Å². The van der Waals surface area contributed by atoms with E-state index in [0.29, 0.717) is 0 Å². The van der Waals surface area contributed by atoms with Crippen LogP contribution >= 0.6 is 0 Å². The number of non-ortho nitro benzene ring substituents is 1. The van der Waals surface area contributed by atoms with Crippen molar-refractivity contribution in [2.24, 2.45) is 0 Å². The van der Waals surface area contributed by atoms with E-state index in [-0.39, 0.29) is 29.4 Å². The highest BCUT2D eigenvalue weighted by Crippen LogP contribution is 2.28. The number of fused-ring (bicyclic) bond motifs is 1. The van der Waals surface area contributed by atoms with E-state index < -0.39 is 21.1 Å². The number of anilines is 1. The molecule has 10 heteroatoms. The number of benzene rings is 3. The van der Waals surface area contributed by atoms with Gasteiger partial charge in [-0.3, -0.25) is 14.4 Å². The zero-order chi connectivity index (χ0) is 23.6. The Morgan fingerprint density at radius 2 is 1.82 bits per heavy atom. The number of nitro benzene ring substituents is 1. The van der Waals surface area contributed by atoms with Crippen LogP contribution in [0.2, 0.25) is 0 Å². The molecule has 4 aromatic rings. The summed E-state index contributed by atoms with van der Waals surface area (Å²) in [6.07, 6.45) is 0.474. The lowest BCUT2D eigenvalue weighted by Gasteiger charge is -2.27. The Morgan fingerprint density at radius 3 is 2.55 bits per heavy atom. The van der Waals surface area contributed by atoms with Gasteiger partial charge in [0.25, 0.3) is 15.7 Å². The molecule has 3 aromatic carbocycles. The number of imidazole rings is 1. The number of rotatable bonds is 8. The number of aryl methyl sites for hydroxylation is 1. The molecule has 1 N–H and O–H groups in total. The maximum absolute atomic E-state index is 13.5. The van der Waals surface area contributed by atoms with Crippen LogP contribution in [0, 0.1) is 17.0 Å². The van der Waals surface area contributed by atoms with E-state index in [9.17, 15) is 23.6 Å². The average Bonchev–Trinajstić information content (AvgIpc) is 3.20. The fraction of sp³-hybridized carbons (Fsp3) is 0.174. The summed E-state index contributed by atoms with van der Waals surface area (Å²) in [6, 6.07) is 19.1. The molecule has 0 aliphatic rings. The molecule has 0 bridgehead atoms. The molecule has 0 fully saturated rings. The summed E-state index contributed by atoms with van der Waals surface area (Å²) in [6.45, 7) is 1.63. The summed E-state index contributed by atoms with van der Waals surface area (Å²) in [4.78, 5) is 15.0. The van der Waals surface area contributed by atoms with Crippen molar-refractivity contribution < 1.29 is 18.4 Å². The van der Waals surface area contributed by atoms with Crippen molar-refractivity contribution >= 4 is 32.4 Å². The van der Waals surface area contributed by atoms with Gasteiger partial charge < -0.3 is 9.67 Å². The summed E-state index contributed by atoms with van der Waals surface area (Å²) < 4.78 is 29.8. The predicted molar refractivity (Wildman–Crippen MR) is 125 cm³/mol. The quantitative estimate of drug-likeness (QED) is 0.314. The topological polar surface area (TPSA) is 119 Å². The number of nitrogens with zero attached hydrogens (tertiary/aromatic N) is 4. The van der Waals surface area contributed by atoms with Crippen molar-refractivity contribution in [2.75, 3.05) is 10.8 Å². The Hall–Kier alpha value is -3.76. The molecule has 0 aliphatic carbocycles. The smallest absolute Gasteiger partial charge is 0.271 e. The van der Waals surface area contributed by atoms with Crippen LogP contribution in [0.25, 0.3) is 11.0 Å². The van der Waals surface area contributed by atoms with Gasteiger partial charge in [-0.1, -0.05) is 35.9 Å². The second kappa shape index (κ2) is 9.00. The maximum atomic E-state index is 13.5. The van der Waals surface area contributed by atoms with Crippen LogP contribution in [0.15, 0.2) is 84.0 Å². The normalized spacial score (nSPS) is 12.5. The highest BCUT2D eigenvalue weighted by Gasteiger charge is 2.28. The Kier molecular flexibility index (Phi) is 6.12. The van der Waals surface area contributed by atoms with E-state index in [4.69, 9.17) is 0 Å². The van der Waals surface area contributed by atoms with Crippen molar-refractivity contribution in [3.05, 3.63) is 94.8 Å². The summed E-state index contributed by atoms with van der Waals surface area (Å²) in [7, 11) is -4.10. The molecule has 9 nitrogen and oxygen atoms in total. The predicted octanol–water partition coefficient (Wildman–Crippen LogP) is 3.51. The monoisotopic (exact) mass is 466 g/mol. The number of hydrogen-bond donors (Lipinski definition) is 1. The van der Waals surface area contributed by atoms with Crippen LogP contribution in [0.5, 0.6) is 0 Å². The van der Waals surface area contributed by atoms with Gasteiger partial charge in [-0.15, -0.1) is 0 Å². The largest absolute Gasteiger partial charge is 0.389 e. The average molecular weight is 467 g/mol. The van der Waals surface area contributed by atoms with Crippen molar-refractivity contribution in [1.29, 1.82) is 0 Å². The van der Waals surface area contributed by atoms with Gasteiger partial charge in [0, 0.05) is 12.1 Å². The number of nitro groups is 1. The zero-order valence-electron chi connectivity index (χ0n) is 17.8. The third kappa shape index (κ3) is 4.71. The highest BCUT2D eigenvalue weighted by atomic mass is 32.2. The molecule has 1 atom stereocenters. The molecule has 4 rings (SSSR count). The Bertz CT molecular complexity index is 1400. The van der Waals surface area contributed by atoms with Gasteiger partial charge in [0.15, 0.2) is 0 Å². The van der Waals surface area contributed by atoms with E-state index in [1.807, 2.05) is 31.2 Å². The van der Waals surface area contributed by atoms with E-state index >= 15 is 0 Å². The molecular weight excluding hydrogens is 444 g/mol. The molecule has 0 aliphatic heterocycles. The fourth-order valence-corrected chi connectivity index (χ4v) is 5.07. The van der Waals surface area contributed by atoms with Gasteiger partial charge in [-0.2, -0.15) is 0 Å². The molecule has 0 saturated heterocycles. The van der Waals surface area contributed by atoms with Gasteiger partial charge in [0.05, 0.1) is 52.1 Å². The molecule has 0 spiro atoms. The van der Waals surface area contributed by atoms with Gasteiger partial charge >= 0.3 is 0 Å². The van der Waals surface area contributed by atoms with Crippen molar-refractivity contribution in [1.82, 2.24) is 9.55 Å². The van der Waals surface area contributed by atoms with E-state index in [1.54, 1.807) is 23.0 Å². The van der Waals surface area contributed by atoms with Crippen LogP contribution in [0.4, 0.5) is 11.4 Å². The minimum atomic E-state index is -4.10. The third-order valence-corrected chi connectivity index (χ3v) is 7.06. The number of aromatic nitrogens is 2. The lowest BCUT2D eigenvalue weighted by Crippen LogP contribution is -2.39. The molecular formula is C23H22N4O5S. The molecule has 1 aromatic heterocycles. The van der Waals surface area contributed by atoms with Crippen LogP contribution < -0.4 is 4.31 Å². The SMILES string of the molecule is Cc1ccc(S(=O)(=O)N(CC(O)Cn2cnc3ccccc32)c2cccc([N+](=O)[O-])c2)cc1. The van der Waals surface area contributed by atoms with E-state index in [0.717, 1.165) is 20.9 Å². The molecule has 33 heavy (non-hydrogen) atoms. The molecule has 1 heterocycles. The fourth-order valence-electron chi connectivity index (χ4n) is 3.57. The Labute approximate surface area is 190 Å².